The Morgan fingerprint density at radius 2 is 1.83 bits per heavy atom. The standard InChI is InChI=1S/C14H16F3N3O4/c1-5-3-7(14(15,16)17)8-12(19-5)20(4-18-8)13-11(23)10(22)9(21)6(2)24-13/h3-4,6,9-11,13,21-23H,1-2H3/t6-,9-,10+,11+,13+/m0/s1. The van der Waals surface area contributed by atoms with Gasteiger partial charge in [-0.15, -0.1) is 0 Å². The molecule has 1 fully saturated rings. The molecule has 0 spiro atoms. The molecule has 3 rings (SSSR count). The van der Waals surface area contributed by atoms with Gasteiger partial charge in [-0.3, -0.25) is 4.57 Å². The maximum absolute atomic E-state index is 13.2. The van der Waals surface area contributed by atoms with E-state index in [9.17, 15) is 28.5 Å². The van der Waals surface area contributed by atoms with Gasteiger partial charge in [-0.25, -0.2) is 9.97 Å². The Morgan fingerprint density at radius 3 is 2.46 bits per heavy atom. The molecule has 3 heterocycles. The van der Waals surface area contributed by atoms with Crippen molar-refractivity contribution >= 4 is 11.2 Å². The van der Waals surface area contributed by atoms with E-state index >= 15 is 0 Å². The van der Waals surface area contributed by atoms with Gasteiger partial charge in [0.2, 0.25) is 0 Å². The van der Waals surface area contributed by atoms with Crippen molar-refractivity contribution in [1.82, 2.24) is 14.5 Å². The van der Waals surface area contributed by atoms with Crippen LogP contribution in [0.15, 0.2) is 12.4 Å². The van der Waals surface area contributed by atoms with Crippen molar-refractivity contribution in [3.63, 3.8) is 0 Å². The van der Waals surface area contributed by atoms with Crippen LogP contribution in [0.3, 0.4) is 0 Å². The van der Waals surface area contributed by atoms with Gasteiger partial charge in [0.05, 0.1) is 18.0 Å². The van der Waals surface area contributed by atoms with Gasteiger partial charge in [0, 0.05) is 5.69 Å². The molecule has 1 saturated heterocycles. The molecule has 0 radical (unpaired) electrons. The minimum Gasteiger partial charge on any atom is -0.388 e. The Morgan fingerprint density at radius 1 is 1.17 bits per heavy atom. The molecule has 3 N–H and O–H groups in total. The summed E-state index contributed by atoms with van der Waals surface area (Å²) in [7, 11) is 0. The van der Waals surface area contributed by atoms with Gasteiger partial charge in [0.1, 0.15) is 23.8 Å². The number of rotatable bonds is 1. The highest BCUT2D eigenvalue weighted by molar-refractivity contribution is 5.76. The van der Waals surface area contributed by atoms with Crippen molar-refractivity contribution in [2.75, 3.05) is 0 Å². The van der Waals surface area contributed by atoms with E-state index in [1.54, 1.807) is 0 Å². The number of aliphatic hydroxyl groups is 3. The maximum atomic E-state index is 13.2. The highest BCUT2D eigenvalue weighted by atomic mass is 19.4. The number of aryl methyl sites for hydroxylation is 1. The quantitative estimate of drug-likeness (QED) is 0.704. The third-order valence-corrected chi connectivity index (χ3v) is 4.06. The molecule has 10 heteroatoms. The Kier molecular flexibility index (Phi) is 4.03. The highest BCUT2D eigenvalue weighted by Crippen LogP contribution is 2.36. The van der Waals surface area contributed by atoms with Crippen LogP contribution >= 0.6 is 0 Å². The van der Waals surface area contributed by atoms with E-state index < -0.39 is 42.4 Å². The summed E-state index contributed by atoms with van der Waals surface area (Å²) in [5.74, 6) is 0. The van der Waals surface area contributed by atoms with Crippen LogP contribution in [0, 0.1) is 6.92 Å². The Hall–Kier alpha value is -1.75. The molecule has 0 saturated carbocycles. The largest absolute Gasteiger partial charge is 0.418 e. The zero-order valence-corrected chi connectivity index (χ0v) is 12.8. The number of imidazole rings is 1. The predicted molar refractivity (Wildman–Crippen MR) is 74.9 cm³/mol. The number of aromatic nitrogens is 3. The molecule has 1 aliphatic heterocycles. The number of fused-ring (bicyclic) bond motifs is 1. The lowest BCUT2D eigenvalue weighted by molar-refractivity contribution is -0.239. The molecular weight excluding hydrogens is 331 g/mol. The van der Waals surface area contributed by atoms with Crippen LogP contribution in [0.2, 0.25) is 0 Å². The van der Waals surface area contributed by atoms with Gasteiger partial charge in [-0.1, -0.05) is 0 Å². The molecule has 132 valence electrons. The van der Waals surface area contributed by atoms with Crippen molar-refractivity contribution in [2.45, 2.75) is 50.7 Å². The third-order valence-electron chi connectivity index (χ3n) is 4.06. The van der Waals surface area contributed by atoms with E-state index in [2.05, 4.69) is 9.97 Å². The minimum atomic E-state index is -4.61. The molecule has 24 heavy (non-hydrogen) atoms. The zero-order valence-electron chi connectivity index (χ0n) is 12.8. The molecule has 7 nitrogen and oxygen atoms in total. The summed E-state index contributed by atoms with van der Waals surface area (Å²) in [6.07, 6.45) is -9.98. The third kappa shape index (κ3) is 2.65. The van der Waals surface area contributed by atoms with Crippen molar-refractivity contribution in [2.24, 2.45) is 0 Å². The smallest absolute Gasteiger partial charge is 0.388 e. The minimum absolute atomic E-state index is 0.121. The highest BCUT2D eigenvalue weighted by Gasteiger charge is 2.43. The van der Waals surface area contributed by atoms with Gasteiger partial charge in [0.25, 0.3) is 0 Å². The normalized spacial score (nSPS) is 31.6. The molecule has 0 aliphatic carbocycles. The maximum Gasteiger partial charge on any atom is 0.418 e. The first kappa shape index (κ1) is 17.1. The van der Waals surface area contributed by atoms with E-state index in [4.69, 9.17) is 4.74 Å². The van der Waals surface area contributed by atoms with Crippen LogP contribution < -0.4 is 0 Å². The van der Waals surface area contributed by atoms with Crippen LogP contribution in [-0.4, -0.2) is 54.3 Å². The molecule has 0 bridgehead atoms. The first-order valence-electron chi connectivity index (χ1n) is 7.22. The van der Waals surface area contributed by atoms with Gasteiger partial charge in [-0.2, -0.15) is 13.2 Å². The lowest BCUT2D eigenvalue weighted by Crippen LogP contribution is -2.54. The topological polar surface area (TPSA) is 101 Å². The number of ether oxygens (including phenoxy) is 1. The van der Waals surface area contributed by atoms with E-state index in [1.807, 2.05) is 0 Å². The van der Waals surface area contributed by atoms with Crippen LogP contribution in [0.1, 0.15) is 24.4 Å². The van der Waals surface area contributed by atoms with Gasteiger partial charge in [-0.05, 0) is 19.9 Å². The molecule has 0 unspecified atom stereocenters. The molecule has 0 amide bonds. The number of pyridine rings is 1. The summed E-state index contributed by atoms with van der Waals surface area (Å²) in [6.45, 7) is 2.89. The summed E-state index contributed by atoms with van der Waals surface area (Å²) in [5, 5.41) is 29.7. The first-order valence-corrected chi connectivity index (χ1v) is 7.22. The van der Waals surface area contributed by atoms with Gasteiger partial charge < -0.3 is 20.1 Å². The monoisotopic (exact) mass is 347 g/mol. The number of hydrogen-bond acceptors (Lipinski definition) is 6. The second-order valence-corrected chi connectivity index (χ2v) is 5.84. The predicted octanol–water partition coefficient (Wildman–Crippen LogP) is 0.759. The van der Waals surface area contributed by atoms with Crippen LogP contribution in [0.4, 0.5) is 13.2 Å². The van der Waals surface area contributed by atoms with Crippen LogP contribution in [0.5, 0.6) is 0 Å². The SMILES string of the molecule is Cc1cc(C(F)(F)F)c2ncn([C@@H]3O[C@@H](C)[C@H](O)[C@@H](O)[C@H]3O)c2n1. The fourth-order valence-corrected chi connectivity index (χ4v) is 2.79. The van der Waals surface area contributed by atoms with Crippen molar-refractivity contribution in [1.29, 1.82) is 0 Å². The Balaban J connectivity index is 2.13. The van der Waals surface area contributed by atoms with E-state index in [1.165, 1.54) is 13.8 Å². The van der Waals surface area contributed by atoms with Crippen molar-refractivity contribution in [3.8, 4) is 0 Å². The molecule has 2 aromatic rings. The molecular formula is C14H16F3N3O4. The molecule has 2 aromatic heterocycles. The van der Waals surface area contributed by atoms with Crippen molar-refractivity contribution < 1.29 is 33.2 Å². The summed E-state index contributed by atoms with van der Waals surface area (Å²) >= 11 is 0. The average molecular weight is 347 g/mol. The number of alkyl halides is 3. The van der Waals surface area contributed by atoms with Crippen LogP contribution in [-0.2, 0) is 10.9 Å². The number of aliphatic hydroxyl groups excluding tert-OH is 3. The summed E-state index contributed by atoms with van der Waals surface area (Å²) in [5.41, 5.74) is -1.32. The number of nitrogens with zero attached hydrogens (tertiary/aromatic N) is 3. The fourth-order valence-electron chi connectivity index (χ4n) is 2.79. The molecule has 0 aromatic carbocycles. The van der Waals surface area contributed by atoms with E-state index in [0.29, 0.717) is 0 Å². The second kappa shape index (κ2) is 5.66. The summed E-state index contributed by atoms with van der Waals surface area (Å²) in [6, 6.07) is 0.888. The lowest BCUT2D eigenvalue weighted by Gasteiger charge is -2.39. The number of halogens is 3. The fraction of sp³-hybridized carbons (Fsp3) is 0.571. The van der Waals surface area contributed by atoms with Gasteiger partial charge in [0.15, 0.2) is 11.9 Å². The van der Waals surface area contributed by atoms with E-state index in [-0.39, 0.29) is 16.9 Å². The number of hydrogen-bond donors (Lipinski definition) is 3. The second-order valence-electron chi connectivity index (χ2n) is 5.84. The summed E-state index contributed by atoms with van der Waals surface area (Å²) < 4.78 is 46.1. The molecule has 5 atom stereocenters. The average Bonchev–Trinajstić information content (AvgIpc) is 2.90. The van der Waals surface area contributed by atoms with E-state index in [0.717, 1.165) is 17.0 Å². The first-order chi connectivity index (χ1) is 11.1. The summed E-state index contributed by atoms with van der Waals surface area (Å²) in [4.78, 5) is 7.80. The lowest BCUT2D eigenvalue weighted by atomic mass is 9.99. The Labute approximate surface area is 134 Å². The molecule has 1 aliphatic rings. The zero-order chi connectivity index (χ0) is 17.8. The van der Waals surface area contributed by atoms with Crippen LogP contribution in [0.25, 0.3) is 11.2 Å². The van der Waals surface area contributed by atoms with Crippen molar-refractivity contribution in [3.05, 3.63) is 23.7 Å². The van der Waals surface area contributed by atoms with Gasteiger partial charge >= 0.3 is 6.18 Å². The Bertz CT molecular complexity index is 764.